The molecule has 0 unspecified atom stereocenters. The fourth-order valence-corrected chi connectivity index (χ4v) is 3.87. The van der Waals surface area contributed by atoms with Crippen LogP contribution in [0.3, 0.4) is 0 Å². The number of esters is 1. The summed E-state index contributed by atoms with van der Waals surface area (Å²) in [6.45, 7) is 7.85. The van der Waals surface area contributed by atoms with Gasteiger partial charge in [0.15, 0.2) is 6.61 Å². The highest BCUT2D eigenvalue weighted by atomic mass is 16.5. The number of aromatic nitrogens is 2. The zero-order valence-electron chi connectivity index (χ0n) is 17.1. The summed E-state index contributed by atoms with van der Waals surface area (Å²) in [5, 5.41) is 3.74. The zero-order chi connectivity index (χ0) is 20.3. The van der Waals surface area contributed by atoms with Crippen LogP contribution >= 0.6 is 0 Å². The molecule has 150 valence electrons. The highest BCUT2D eigenvalue weighted by Crippen LogP contribution is 2.23. The van der Waals surface area contributed by atoms with Crippen molar-refractivity contribution in [3.63, 3.8) is 0 Å². The van der Waals surface area contributed by atoms with E-state index >= 15 is 0 Å². The number of ether oxygens (including phenoxy) is 1. The van der Waals surface area contributed by atoms with Crippen LogP contribution in [0.2, 0.25) is 0 Å². The van der Waals surface area contributed by atoms with E-state index in [1.807, 2.05) is 19.9 Å². The number of aryl methyl sites for hydroxylation is 3. The number of Topliss-reactive ketones (excluding diaryl/α,β-unsaturated/α-hetero) is 1. The zero-order valence-corrected chi connectivity index (χ0v) is 17.1. The van der Waals surface area contributed by atoms with Crippen LogP contribution in [0.4, 0.5) is 0 Å². The van der Waals surface area contributed by atoms with Crippen LogP contribution < -0.4 is 0 Å². The second kappa shape index (κ2) is 8.59. The molecule has 0 radical (unpaired) electrons. The van der Waals surface area contributed by atoms with Gasteiger partial charge in [0, 0.05) is 23.5 Å². The Bertz CT molecular complexity index is 898. The van der Waals surface area contributed by atoms with Gasteiger partial charge >= 0.3 is 5.97 Å². The van der Waals surface area contributed by atoms with Crippen LogP contribution in [-0.4, -0.2) is 28.1 Å². The van der Waals surface area contributed by atoms with E-state index in [2.05, 4.69) is 15.8 Å². The molecule has 2 aromatic rings. The molecule has 0 amide bonds. The highest BCUT2D eigenvalue weighted by Gasteiger charge is 2.22. The molecule has 0 aliphatic heterocycles. The molecule has 6 nitrogen and oxygen atoms in total. The molecule has 28 heavy (non-hydrogen) atoms. The molecule has 6 heteroatoms. The van der Waals surface area contributed by atoms with Crippen LogP contribution in [-0.2, 0) is 11.3 Å². The minimum Gasteiger partial charge on any atom is -0.454 e. The van der Waals surface area contributed by atoms with Crippen molar-refractivity contribution in [2.45, 2.75) is 66.3 Å². The third-order valence-electron chi connectivity index (χ3n) is 5.49. The molecule has 0 saturated heterocycles. The lowest BCUT2D eigenvalue weighted by Gasteiger charge is -2.15. The molecule has 0 bridgehead atoms. The maximum Gasteiger partial charge on any atom is 0.344 e. The number of allylic oxidation sites excluding steroid dienone is 2. The van der Waals surface area contributed by atoms with E-state index in [9.17, 15) is 9.59 Å². The van der Waals surface area contributed by atoms with Crippen molar-refractivity contribution in [3.05, 3.63) is 51.7 Å². The quantitative estimate of drug-likeness (QED) is 0.395. The fourth-order valence-electron chi connectivity index (χ4n) is 3.87. The van der Waals surface area contributed by atoms with Crippen molar-refractivity contribution in [2.75, 3.05) is 6.61 Å². The SMILES string of the molecule is Cc1noc(C)c1C(=O)OCC(=O)c1cc(C)n(CCC2=CCCCC2)c1C. The predicted octanol–water partition coefficient (Wildman–Crippen LogP) is 4.64. The maximum atomic E-state index is 12.6. The summed E-state index contributed by atoms with van der Waals surface area (Å²) in [6, 6.07) is 1.89. The molecule has 0 N–H and O–H groups in total. The number of ketones is 1. The number of carbonyl (C=O) groups is 2. The third-order valence-corrected chi connectivity index (χ3v) is 5.49. The Kier molecular flexibility index (Phi) is 6.17. The van der Waals surface area contributed by atoms with Gasteiger partial charge in [-0.1, -0.05) is 16.8 Å². The van der Waals surface area contributed by atoms with Crippen LogP contribution in [0.15, 0.2) is 22.2 Å². The maximum absolute atomic E-state index is 12.6. The van der Waals surface area contributed by atoms with Gasteiger partial charge in [0.1, 0.15) is 11.3 Å². The second-order valence-corrected chi connectivity index (χ2v) is 7.49. The van der Waals surface area contributed by atoms with Gasteiger partial charge in [0.2, 0.25) is 5.78 Å². The van der Waals surface area contributed by atoms with E-state index in [1.165, 1.54) is 31.3 Å². The fraction of sp³-hybridized carbons (Fsp3) is 0.500. The van der Waals surface area contributed by atoms with Gasteiger partial charge in [-0.3, -0.25) is 4.79 Å². The molecule has 0 saturated carbocycles. The van der Waals surface area contributed by atoms with Gasteiger partial charge < -0.3 is 13.8 Å². The number of carbonyl (C=O) groups excluding carboxylic acids is 2. The molecule has 0 atom stereocenters. The standard InChI is InChI=1S/C22H28N2O4/c1-14-12-19(16(3)24(14)11-10-18-8-6-5-7-9-18)20(25)13-27-22(26)21-15(2)23-28-17(21)4/h8,12H,5-7,9-11,13H2,1-4H3. The Morgan fingerprint density at radius 2 is 2.00 bits per heavy atom. The van der Waals surface area contributed by atoms with E-state index in [4.69, 9.17) is 9.26 Å². The van der Waals surface area contributed by atoms with Crippen LogP contribution in [0.5, 0.6) is 0 Å². The van der Waals surface area contributed by atoms with Gasteiger partial charge in [-0.15, -0.1) is 0 Å². The van der Waals surface area contributed by atoms with Gasteiger partial charge in [-0.2, -0.15) is 0 Å². The summed E-state index contributed by atoms with van der Waals surface area (Å²) in [4.78, 5) is 24.9. The molecular weight excluding hydrogens is 356 g/mol. The Morgan fingerprint density at radius 3 is 2.64 bits per heavy atom. The monoisotopic (exact) mass is 384 g/mol. The summed E-state index contributed by atoms with van der Waals surface area (Å²) >= 11 is 0. The predicted molar refractivity (Wildman–Crippen MR) is 106 cm³/mol. The van der Waals surface area contributed by atoms with E-state index < -0.39 is 5.97 Å². The largest absolute Gasteiger partial charge is 0.454 e. The lowest BCUT2D eigenvalue weighted by Crippen LogP contribution is -2.16. The van der Waals surface area contributed by atoms with Gasteiger partial charge in [0.25, 0.3) is 0 Å². The minimum absolute atomic E-state index is 0.198. The minimum atomic E-state index is -0.581. The molecule has 0 fully saturated rings. The van der Waals surface area contributed by atoms with Gasteiger partial charge in [-0.25, -0.2) is 4.79 Å². The number of hydrogen-bond acceptors (Lipinski definition) is 5. The van der Waals surface area contributed by atoms with Crippen molar-refractivity contribution in [1.29, 1.82) is 0 Å². The van der Waals surface area contributed by atoms with Crippen molar-refractivity contribution >= 4 is 11.8 Å². The Balaban J connectivity index is 1.64. The number of nitrogens with zero attached hydrogens (tertiary/aromatic N) is 2. The topological polar surface area (TPSA) is 74.3 Å². The Hall–Kier alpha value is -2.63. The first-order valence-corrected chi connectivity index (χ1v) is 9.86. The van der Waals surface area contributed by atoms with Crippen LogP contribution in [0.25, 0.3) is 0 Å². The molecule has 0 aromatic carbocycles. The first-order valence-electron chi connectivity index (χ1n) is 9.86. The first-order chi connectivity index (χ1) is 13.4. The average Bonchev–Trinajstić information content (AvgIpc) is 3.17. The summed E-state index contributed by atoms with van der Waals surface area (Å²) in [5.41, 5.74) is 4.85. The van der Waals surface area contributed by atoms with Crippen molar-refractivity contribution in [3.8, 4) is 0 Å². The highest BCUT2D eigenvalue weighted by molar-refractivity contribution is 6.00. The van der Waals surface area contributed by atoms with Crippen molar-refractivity contribution in [2.24, 2.45) is 0 Å². The third kappa shape index (κ3) is 4.26. The van der Waals surface area contributed by atoms with Crippen LogP contribution in [0, 0.1) is 27.7 Å². The lowest BCUT2D eigenvalue weighted by atomic mass is 9.97. The normalized spacial score (nSPS) is 14.1. The Morgan fingerprint density at radius 1 is 1.21 bits per heavy atom. The smallest absolute Gasteiger partial charge is 0.344 e. The summed E-state index contributed by atoms with van der Waals surface area (Å²) in [5.74, 6) is -0.385. The first kappa shape index (κ1) is 20.1. The molecule has 1 aliphatic carbocycles. The van der Waals surface area contributed by atoms with Gasteiger partial charge in [-0.05, 0) is 65.9 Å². The second-order valence-electron chi connectivity index (χ2n) is 7.49. The molecule has 3 rings (SSSR count). The van der Waals surface area contributed by atoms with E-state index in [0.29, 0.717) is 22.6 Å². The van der Waals surface area contributed by atoms with E-state index in [0.717, 1.165) is 24.4 Å². The number of hydrogen-bond donors (Lipinski definition) is 0. The molecule has 2 aromatic heterocycles. The molecule has 2 heterocycles. The summed E-state index contributed by atoms with van der Waals surface area (Å²) < 4.78 is 12.4. The van der Waals surface area contributed by atoms with Crippen LogP contribution in [0.1, 0.15) is 75.7 Å². The molecule has 0 spiro atoms. The summed E-state index contributed by atoms with van der Waals surface area (Å²) in [7, 11) is 0. The summed E-state index contributed by atoms with van der Waals surface area (Å²) in [6.07, 6.45) is 8.30. The van der Waals surface area contributed by atoms with E-state index in [1.54, 1.807) is 13.8 Å². The molecule has 1 aliphatic rings. The van der Waals surface area contributed by atoms with E-state index in [-0.39, 0.29) is 12.4 Å². The lowest BCUT2D eigenvalue weighted by molar-refractivity contribution is 0.0472. The van der Waals surface area contributed by atoms with Gasteiger partial charge in [0.05, 0.1) is 5.69 Å². The molecular formula is C22H28N2O4. The van der Waals surface area contributed by atoms with Crippen molar-refractivity contribution < 1.29 is 18.8 Å². The Labute approximate surface area is 165 Å². The van der Waals surface area contributed by atoms with Crippen molar-refractivity contribution in [1.82, 2.24) is 9.72 Å². The average molecular weight is 384 g/mol. The number of rotatable bonds is 7.